The van der Waals surface area contributed by atoms with E-state index in [0.717, 1.165) is 36.3 Å². The molecule has 24 heavy (non-hydrogen) atoms. The van der Waals surface area contributed by atoms with E-state index in [1.54, 1.807) is 6.20 Å². The third-order valence-corrected chi connectivity index (χ3v) is 3.55. The number of imidazole rings is 1. The molecule has 1 atom stereocenters. The second-order valence-electron chi connectivity index (χ2n) is 6.89. The van der Waals surface area contributed by atoms with Crippen molar-refractivity contribution in [3.63, 3.8) is 0 Å². The topological polar surface area (TPSA) is 67.0 Å². The van der Waals surface area contributed by atoms with E-state index in [1.807, 2.05) is 51.1 Å². The van der Waals surface area contributed by atoms with Crippen molar-refractivity contribution in [1.82, 2.24) is 15.3 Å². The molecule has 1 aromatic heterocycles. The highest BCUT2D eigenvalue weighted by Crippen LogP contribution is 2.22. The number of hydrogen-bond donors (Lipinski definition) is 2. The fraction of sp³-hybridized carbons (Fsp3) is 0.474. The zero-order valence-electron chi connectivity index (χ0n) is 14.9. The van der Waals surface area contributed by atoms with Crippen molar-refractivity contribution < 1.29 is 9.53 Å². The minimum atomic E-state index is -0.516. The Kier molecular flexibility index (Phi) is 6.01. The van der Waals surface area contributed by atoms with Gasteiger partial charge in [0.1, 0.15) is 11.4 Å². The molecule has 1 unspecified atom stereocenters. The largest absolute Gasteiger partial charge is 0.444 e. The summed E-state index contributed by atoms with van der Waals surface area (Å²) >= 11 is 0. The Morgan fingerprint density at radius 2 is 2.00 bits per heavy atom. The summed E-state index contributed by atoms with van der Waals surface area (Å²) in [5.41, 5.74) is 1.50. The van der Waals surface area contributed by atoms with Gasteiger partial charge in [-0.25, -0.2) is 9.78 Å². The van der Waals surface area contributed by atoms with Crippen LogP contribution in [0.1, 0.15) is 58.8 Å². The Hall–Kier alpha value is -2.30. The molecule has 0 radical (unpaired) electrons. The maximum atomic E-state index is 12.1. The van der Waals surface area contributed by atoms with E-state index in [2.05, 4.69) is 22.2 Å². The van der Waals surface area contributed by atoms with E-state index in [4.69, 9.17) is 4.74 Å². The number of amides is 1. The number of nitrogens with zero attached hydrogens (tertiary/aromatic N) is 1. The minimum absolute atomic E-state index is 0.183. The molecule has 1 heterocycles. The maximum absolute atomic E-state index is 12.1. The number of hydrogen-bond acceptors (Lipinski definition) is 3. The molecule has 0 aliphatic heterocycles. The number of carbonyl (C=O) groups is 1. The van der Waals surface area contributed by atoms with Crippen molar-refractivity contribution >= 4 is 6.09 Å². The number of H-pyrrole nitrogens is 1. The van der Waals surface area contributed by atoms with E-state index >= 15 is 0 Å². The lowest BCUT2D eigenvalue weighted by molar-refractivity contribution is 0.0498. The Morgan fingerprint density at radius 1 is 1.29 bits per heavy atom. The molecular formula is C19H27N3O2. The molecule has 1 amide bonds. The molecule has 2 aromatic rings. The van der Waals surface area contributed by atoms with Gasteiger partial charge in [-0.05, 0) is 32.8 Å². The second-order valence-corrected chi connectivity index (χ2v) is 6.89. The Bertz CT molecular complexity index is 644. The van der Waals surface area contributed by atoms with Gasteiger partial charge in [-0.1, -0.05) is 50.1 Å². The van der Waals surface area contributed by atoms with Gasteiger partial charge in [-0.3, -0.25) is 0 Å². The molecule has 0 spiro atoms. The molecule has 0 saturated carbocycles. The highest BCUT2D eigenvalue weighted by Gasteiger charge is 2.22. The van der Waals surface area contributed by atoms with Gasteiger partial charge < -0.3 is 15.0 Å². The van der Waals surface area contributed by atoms with Crippen LogP contribution in [0.5, 0.6) is 0 Å². The monoisotopic (exact) mass is 329 g/mol. The van der Waals surface area contributed by atoms with E-state index < -0.39 is 11.7 Å². The smallest absolute Gasteiger partial charge is 0.408 e. The SMILES string of the molecule is CCCCC(NC(=O)OC(C)(C)C)c1ncc(-c2ccccc2)[nH]1. The standard InChI is InChI=1S/C19H27N3O2/c1-5-6-12-15(22-18(23)24-19(2,3)4)17-20-13-16(21-17)14-10-8-7-9-11-14/h7-11,13,15H,5-6,12H2,1-4H3,(H,20,21)(H,22,23). The summed E-state index contributed by atoms with van der Waals surface area (Å²) in [6.45, 7) is 7.69. The summed E-state index contributed by atoms with van der Waals surface area (Å²) in [6.07, 6.45) is 4.26. The third kappa shape index (κ3) is 5.41. The number of benzene rings is 1. The van der Waals surface area contributed by atoms with E-state index in [0.29, 0.717) is 0 Å². The Balaban J connectivity index is 2.13. The van der Waals surface area contributed by atoms with Crippen LogP contribution in [0.4, 0.5) is 4.79 Å². The lowest BCUT2D eigenvalue weighted by atomic mass is 10.1. The van der Waals surface area contributed by atoms with Crippen LogP contribution in [0.2, 0.25) is 0 Å². The number of nitrogens with one attached hydrogen (secondary N) is 2. The molecule has 5 nitrogen and oxygen atoms in total. The van der Waals surface area contributed by atoms with Crippen molar-refractivity contribution in [2.75, 3.05) is 0 Å². The van der Waals surface area contributed by atoms with Crippen LogP contribution >= 0.6 is 0 Å². The quantitative estimate of drug-likeness (QED) is 0.797. The average molecular weight is 329 g/mol. The lowest BCUT2D eigenvalue weighted by Crippen LogP contribution is -2.35. The van der Waals surface area contributed by atoms with Crippen molar-refractivity contribution in [1.29, 1.82) is 0 Å². The van der Waals surface area contributed by atoms with Crippen LogP contribution in [0.3, 0.4) is 0 Å². The molecule has 0 aliphatic carbocycles. The van der Waals surface area contributed by atoms with Crippen LogP contribution in [0.15, 0.2) is 36.5 Å². The summed E-state index contributed by atoms with van der Waals surface area (Å²) < 4.78 is 5.37. The molecule has 0 saturated heterocycles. The van der Waals surface area contributed by atoms with Gasteiger partial charge in [0.2, 0.25) is 0 Å². The van der Waals surface area contributed by atoms with Gasteiger partial charge in [0.15, 0.2) is 0 Å². The molecule has 130 valence electrons. The van der Waals surface area contributed by atoms with Crippen molar-refractivity contribution in [3.8, 4) is 11.3 Å². The number of aromatic amines is 1. The molecule has 1 aromatic carbocycles. The van der Waals surface area contributed by atoms with Gasteiger partial charge in [0.25, 0.3) is 0 Å². The summed E-state index contributed by atoms with van der Waals surface area (Å²) in [5.74, 6) is 0.758. The van der Waals surface area contributed by atoms with Crippen LogP contribution in [-0.2, 0) is 4.74 Å². The number of carbonyl (C=O) groups excluding carboxylic acids is 1. The van der Waals surface area contributed by atoms with Gasteiger partial charge >= 0.3 is 6.09 Å². The molecule has 2 rings (SSSR count). The summed E-state index contributed by atoms with van der Waals surface area (Å²) in [7, 11) is 0. The van der Waals surface area contributed by atoms with Gasteiger partial charge in [-0.15, -0.1) is 0 Å². The first-order valence-corrected chi connectivity index (χ1v) is 8.49. The highest BCUT2D eigenvalue weighted by atomic mass is 16.6. The van der Waals surface area contributed by atoms with E-state index in [1.165, 1.54) is 0 Å². The molecule has 0 fully saturated rings. The number of ether oxygens (including phenoxy) is 1. The lowest BCUT2D eigenvalue weighted by Gasteiger charge is -2.22. The van der Waals surface area contributed by atoms with E-state index in [9.17, 15) is 4.79 Å². The normalized spacial score (nSPS) is 12.7. The summed E-state index contributed by atoms with van der Waals surface area (Å²) in [6, 6.07) is 9.83. The third-order valence-electron chi connectivity index (χ3n) is 3.55. The van der Waals surface area contributed by atoms with Crippen LogP contribution in [0.25, 0.3) is 11.3 Å². The Morgan fingerprint density at radius 3 is 2.62 bits per heavy atom. The summed E-state index contributed by atoms with van der Waals surface area (Å²) in [4.78, 5) is 19.9. The van der Waals surface area contributed by atoms with Gasteiger partial charge in [0.05, 0.1) is 17.9 Å². The molecule has 2 N–H and O–H groups in total. The second kappa shape index (κ2) is 7.99. The molecule has 0 bridgehead atoms. The van der Waals surface area contributed by atoms with Gasteiger partial charge in [0, 0.05) is 0 Å². The first-order chi connectivity index (χ1) is 11.4. The number of rotatable bonds is 6. The zero-order valence-corrected chi connectivity index (χ0v) is 14.9. The predicted octanol–water partition coefficient (Wildman–Crippen LogP) is 4.83. The highest BCUT2D eigenvalue weighted by molar-refractivity contribution is 5.68. The van der Waals surface area contributed by atoms with Crippen LogP contribution in [-0.4, -0.2) is 21.7 Å². The summed E-state index contributed by atoms with van der Waals surface area (Å²) in [5, 5.41) is 2.93. The average Bonchev–Trinajstić information content (AvgIpc) is 3.00. The van der Waals surface area contributed by atoms with Crippen molar-refractivity contribution in [3.05, 3.63) is 42.4 Å². The van der Waals surface area contributed by atoms with Crippen LogP contribution in [0, 0.1) is 0 Å². The molecule has 5 heteroatoms. The predicted molar refractivity (Wildman–Crippen MR) is 95.7 cm³/mol. The van der Waals surface area contributed by atoms with Crippen LogP contribution < -0.4 is 5.32 Å². The maximum Gasteiger partial charge on any atom is 0.408 e. The van der Waals surface area contributed by atoms with Crippen molar-refractivity contribution in [2.24, 2.45) is 0 Å². The van der Waals surface area contributed by atoms with E-state index in [-0.39, 0.29) is 6.04 Å². The fourth-order valence-corrected chi connectivity index (χ4v) is 2.41. The molecular weight excluding hydrogens is 302 g/mol. The number of aromatic nitrogens is 2. The Labute approximate surface area is 143 Å². The number of alkyl carbamates (subject to hydrolysis) is 1. The first kappa shape index (κ1) is 18.0. The fourth-order valence-electron chi connectivity index (χ4n) is 2.41. The first-order valence-electron chi connectivity index (χ1n) is 8.49. The zero-order chi connectivity index (χ0) is 17.6. The number of unbranched alkanes of at least 4 members (excludes halogenated alkanes) is 1. The minimum Gasteiger partial charge on any atom is -0.444 e. The molecule has 0 aliphatic rings. The van der Waals surface area contributed by atoms with Gasteiger partial charge in [-0.2, -0.15) is 0 Å². The van der Waals surface area contributed by atoms with Crippen molar-refractivity contribution in [2.45, 2.75) is 58.6 Å².